The molecule has 0 fully saturated rings. The third-order valence-electron chi connectivity index (χ3n) is 2.29. The number of aliphatic hydroxyl groups is 1. The van der Waals surface area contributed by atoms with E-state index in [1.165, 1.54) is 0 Å². The van der Waals surface area contributed by atoms with Crippen LogP contribution in [0.15, 0.2) is 18.2 Å². The van der Waals surface area contributed by atoms with E-state index >= 15 is 0 Å². The van der Waals surface area contributed by atoms with E-state index in [0.717, 1.165) is 5.56 Å². The Kier molecular flexibility index (Phi) is 5.08. The van der Waals surface area contributed by atoms with Crippen molar-refractivity contribution in [1.82, 2.24) is 0 Å². The maximum atomic E-state index is 9.53. The second-order valence-corrected chi connectivity index (χ2v) is 3.48. The summed E-state index contributed by atoms with van der Waals surface area (Å²) >= 11 is 0. The molecule has 1 aromatic carbocycles. The monoisotopic (exact) mass is 225 g/mol. The summed E-state index contributed by atoms with van der Waals surface area (Å²) in [6.07, 6.45) is -0.0774. The third kappa shape index (κ3) is 3.12. The number of aliphatic hydroxyl groups excluding tert-OH is 1. The van der Waals surface area contributed by atoms with Crippen LogP contribution in [0.4, 0.5) is 0 Å². The van der Waals surface area contributed by atoms with Crippen LogP contribution in [0.1, 0.15) is 12.5 Å². The lowest BCUT2D eigenvalue weighted by Crippen LogP contribution is -2.22. The molecule has 4 nitrogen and oxygen atoms in total. The lowest BCUT2D eigenvalue weighted by Gasteiger charge is -2.15. The maximum absolute atomic E-state index is 9.53. The molecule has 0 amide bonds. The van der Waals surface area contributed by atoms with E-state index in [2.05, 4.69) is 0 Å². The predicted octanol–water partition coefficient (Wildman–Crippen LogP) is 0.956. The van der Waals surface area contributed by atoms with Crippen molar-refractivity contribution >= 4 is 0 Å². The van der Waals surface area contributed by atoms with E-state index in [1.54, 1.807) is 7.11 Å². The highest BCUT2D eigenvalue weighted by molar-refractivity contribution is 5.46. The first-order chi connectivity index (χ1) is 7.72. The van der Waals surface area contributed by atoms with Gasteiger partial charge in [-0.2, -0.15) is 0 Å². The number of nitrogens with two attached hydrogens (primary N) is 1. The van der Waals surface area contributed by atoms with Crippen molar-refractivity contribution in [1.29, 1.82) is 0 Å². The lowest BCUT2D eigenvalue weighted by atomic mass is 10.1. The minimum absolute atomic E-state index is 0.238. The average molecular weight is 225 g/mol. The number of rotatable bonds is 6. The van der Waals surface area contributed by atoms with Crippen LogP contribution in [-0.4, -0.2) is 31.5 Å². The van der Waals surface area contributed by atoms with Crippen LogP contribution in [0.5, 0.6) is 11.5 Å². The van der Waals surface area contributed by atoms with E-state index < -0.39 is 6.10 Å². The molecule has 4 heteroatoms. The first-order valence-electron chi connectivity index (χ1n) is 5.39. The molecule has 0 aliphatic rings. The highest BCUT2D eigenvalue weighted by atomic mass is 16.5. The van der Waals surface area contributed by atoms with Gasteiger partial charge in [-0.05, 0) is 13.0 Å². The molecule has 90 valence electrons. The Morgan fingerprint density at radius 1 is 1.44 bits per heavy atom. The fourth-order valence-electron chi connectivity index (χ4n) is 1.56. The molecule has 16 heavy (non-hydrogen) atoms. The van der Waals surface area contributed by atoms with E-state index in [1.807, 2.05) is 25.1 Å². The highest BCUT2D eigenvalue weighted by Gasteiger charge is 2.12. The number of methoxy groups -OCH3 is 1. The predicted molar refractivity (Wildman–Crippen MR) is 62.9 cm³/mol. The summed E-state index contributed by atoms with van der Waals surface area (Å²) in [7, 11) is 1.59. The number of hydrogen-bond donors (Lipinski definition) is 2. The van der Waals surface area contributed by atoms with Crippen LogP contribution in [0, 0.1) is 0 Å². The van der Waals surface area contributed by atoms with Crippen molar-refractivity contribution in [2.45, 2.75) is 19.4 Å². The molecule has 1 atom stereocenters. The standard InChI is InChI=1S/C12H19NO3/c1-3-16-11-6-4-5-9(12(11)15-2)7-10(14)8-13/h4-6,10,14H,3,7-8,13H2,1-2H3. The van der Waals surface area contributed by atoms with Crippen molar-refractivity contribution in [3.63, 3.8) is 0 Å². The fraction of sp³-hybridized carbons (Fsp3) is 0.500. The van der Waals surface area contributed by atoms with Gasteiger partial charge in [0.15, 0.2) is 11.5 Å². The van der Waals surface area contributed by atoms with E-state index in [4.69, 9.17) is 15.2 Å². The summed E-state index contributed by atoms with van der Waals surface area (Å²) in [5, 5.41) is 9.53. The van der Waals surface area contributed by atoms with Crippen LogP contribution >= 0.6 is 0 Å². The highest BCUT2D eigenvalue weighted by Crippen LogP contribution is 2.31. The first-order valence-corrected chi connectivity index (χ1v) is 5.39. The van der Waals surface area contributed by atoms with E-state index in [-0.39, 0.29) is 6.54 Å². The van der Waals surface area contributed by atoms with Gasteiger partial charge in [0.25, 0.3) is 0 Å². The quantitative estimate of drug-likeness (QED) is 0.756. The summed E-state index contributed by atoms with van der Waals surface area (Å²) in [5.41, 5.74) is 6.29. The molecule has 0 aliphatic carbocycles. The number of para-hydroxylation sites is 1. The van der Waals surface area contributed by atoms with Gasteiger partial charge in [-0.25, -0.2) is 0 Å². The number of hydrogen-bond acceptors (Lipinski definition) is 4. The molecule has 0 aromatic heterocycles. The number of benzene rings is 1. The smallest absolute Gasteiger partial charge is 0.164 e. The van der Waals surface area contributed by atoms with Gasteiger partial charge in [-0.1, -0.05) is 12.1 Å². The molecular weight excluding hydrogens is 206 g/mol. The van der Waals surface area contributed by atoms with Gasteiger partial charge >= 0.3 is 0 Å². The Labute approximate surface area is 96.0 Å². The van der Waals surface area contributed by atoms with Gasteiger partial charge in [-0.3, -0.25) is 0 Å². The third-order valence-corrected chi connectivity index (χ3v) is 2.29. The van der Waals surface area contributed by atoms with E-state index in [0.29, 0.717) is 24.5 Å². The molecule has 0 aliphatic heterocycles. The number of ether oxygens (including phenoxy) is 2. The molecule has 0 bridgehead atoms. The summed E-state index contributed by atoms with van der Waals surface area (Å²) in [4.78, 5) is 0. The van der Waals surface area contributed by atoms with Crippen molar-refractivity contribution in [2.24, 2.45) is 5.73 Å². The van der Waals surface area contributed by atoms with Gasteiger partial charge in [-0.15, -0.1) is 0 Å². The summed E-state index contributed by atoms with van der Waals surface area (Å²) in [5.74, 6) is 1.38. The maximum Gasteiger partial charge on any atom is 0.164 e. The van der Waals surface area contributed by atoms with Crippen molar-refractivity contribution < 1.29 is 14.6 Å². The Morgan fingerprint density at radius 2 is 2.19 bits per heavy atom. The average Bonchev–Trinajstić information content (AvgIpc) is 2.29. The first kappa shape index (κ1) is 12.8. The Balaban J connectivity index is 2.94. The normalized spacial score (nSPS) is 12.2. The zero-order chi connectivity index (χ0) is 12.0. The lowest BCUT2D eigenvalue weighted by molar-refractivity contribution is 0.182. The van der Waals surface area contributed by atoms with E-state index in [9.17, 15) is 5.11 Å². The minimum atomic E-state index is -0.550. The molecule has 3 N–H and O–H groups in total. The summed E-state index contributed by atoms with van der Waals surface area (Å²) in [6.45, 7) is 2.74. The van der Waals surface area contributed by atoms with Gasteiger partial charge in [0.05, 0.1) is 19.8 Å². The molecule has 1 unspecified atom stereocenters. The molecule has 0 saturated heterocycles. The molecular formula is C12H19NO3. The second kappa shape index (κ2) is 6.35. The molecule has 0 heterocycles. The summed E-state index contributed by atoms with van der Waals surface area (Å²) < 4.78 is 10.7. The van der Waals surface area contributed by atoms with Crippen molar-refractivity contribution in [3.05, 3.63) is 23.8 Å². The van der Waals surface area contributed by atoms with Crippen LogP contribution in [0.25, 0.3) is 0 Å². The zero-order valence-electron chi connectivity index (χ0n) is 9.77. The van der Waals surface area contributed by atoms with Gasteiger partial charge in [0.2, 0.25) is 0 Å². The second-order valence-electron chi connectivity index (χ2n) is 3.48. The zero-order valence-corrected chi connectivity index (χ0v) is 9.77. The van der Waals surface area contributed by atoms with Crippen LogP contribution < -0.4 is 15.2 Å². The van der Waals surface area contributed by atoms with Crippen LogP contribution in [0.3, 0.4) is 0 Å². The van der Waals surface area contributed by atoms with Crippen LogP contribution in [-0.2, 0) is 6.42 Å². The van der Waals surface area contributed by atoms with Gasteiger partial charge in [0, 0.05) is 18.5 Å². The Bertz CT molecular complexity index is 328. The Hall–Kier alpha value is -1.26. The molecule has 0 saturated carbocycles. The molecule has 1 aromatic rings. The summed E-state index contributed by atoms with van der Waals surface area (Å²) in [6, 6.07) is 5.63. The molecule has 1 rings (SSSR count). The van der Waals surface area contributed by atoms with Crippen molar-refractivity contribution in [3.8, 4) is 11.5 Å². The topological polar surface area (TPSA) is 64.7 Å². The SMILES string of the molecule is CCOc1cccc(CC(O)CN)c1OC. The van der Waals surface area contributed by atoms with Crippen LogP contribution in [0.2, 0.25) is 0 Å². The fourth-order valence-corrected chi connectivity index (χ4v) is 1.56. The Morgan fingerprint density at radius 3 is 2.75 bits per heavy atom. The van der Waals surface area contributed by atoms with Gasteiger partial charge in [0.1, 0.15) is 0 Å². The largest absolute Gasteiger partial charge is 0.493 e. The van der Waals surface area contributed by atoms with Crippen molar-refractivity contribution in [2.75, 3.05) is 20.3 Å². The minimum Gasteiger partial charge on any atom is -0.493 e. The van der Waals surface area contributed by atoms with Gasteiger partial charge < -0.3 is 20.3 Å². The molecule has 0 spiro atoms. The molecule has 0 radical (unpaired) electrons.